The van der Waals surface area contributed by atoms with Gasteiger partial charge < -0.3 is 9.80 Å². The molecule has 1 saturated carbocycles. The standard InChI is InChI=1S/C23H40N4O/c1-6-9-14-26(4)16-19-15-24-25-20(19)18-10-12-23(13-11-18)17-22(7-2,8-3)21(28)27(23)5/h15,18H,6-14,16-17H2,1-5H3,(H,24,25). The number of aromatic amines is 1. The normalized spacial score (nSPS) is 27.3. The van der Waals surface area contributed by atoms with Gasteiger partial charge in [-0.05, 0) is 65.0 Å². The van der Waals surface area contributed by atoms with Crippen molar-refractivity contribution in [3.8, 4) is 0 Å². The molecule has 1 aromatic heterocycles. The van der Waals surface area contributed by atoms with Crippen LogP contribution in [0.2, 0.25) is 0 Å². The summed E-state index contributed by atoms with van der Waals surface area (Å²) >= 11 is 0. The summed E-state index contributed by atoms with van der Waals surface area (Å²) in [5, 5.41) is 7.70. The molecular weight excluding hydrogens is 348 g/mol. The van der Waals surface area contributed by atoms with Crippen LogP contribution in [0.3, 0.4) is 0 Å². The van der Waals surface area contributed by atoms with Crippen LogP contribution < -0.4 is 0 Å². The average Bonchev–Trinajstić information content (AvgIpc) is 3.24. The third kappa shape index (κ3) is 3.74. The van der Waals surface area contributed by atoms with Crippen LogP contribution in [0, 0.1) is 5.41 Å². The number of H-pyrrole nitrogens is 1. The summed E-state index contributed by atoms with van der Waals surface area (Å²) in [7, 11) is 4.26. The van der Waals surface area contributed by atoms with Gasteiger partial charge in [-0.15, -0.1) is 0 Å². The molecule has 1 aliphatic carbocycles. The molecular formula is C23H40N4O. The van der Waals surface area contributed by atoms with Crippen LogP contribution in [0.1, 0.15) is 95.7 Å². The van der Waals surface area contributed by atoms with Crippen molar-refractivity contribution in [1.82, 2.24) is 20.0 Å². The van der Waals surface area contributed by atoms with E-state index in [-0.39, 0.29) is 11.0 Å². The molecule has 0 bridgehead atoms. The molecule has 1 spiro atoms. The third-order valence-electron chi connectivity index (χ3n) is 7.90. The maximum atomic E-state index is 13.0. The Bertz CT molecular complexity index is 655. The Labute approximate surface area is 171 Å². The molecule has 0 atom stereocenters. The van der Waals surface area contributed by atoms with E-state index in [1.165, 1.54) is 24.1 Å². The van der Waals surface area contributed by atoms with Gasteiger partial charge in [0.15, 0.2) is 0 Å². The highest BCUT2D eigenvalue weighted by Gasteiger charge is 2.56. The molecule has 1 aliphatic heterocycles. The molecule has 2 heterocycles. The number of aromatic nitrogens is 2. The van der Waals surface area contributed by atoms with E-state index in [4.69, 9.17) is 0 Å². The summed E-state index contributed by atoms with van der Waals surface area (Å²) in [6, 6.07) is 0. The van der Waals surface area contributed by atoms with E-state index < -0.39 is 0 Å². The van der Waals surface area contributed by atoms with Crippen LogP contribution in [0.5, 0.6) is 0 Å². The summed E-state index contributed by atoms with van der Waals surface area (Å²) in [6.07, 6.45) is 12.0. The number of rotatable bonds is 8. The predicted molar refractivity (Wildman–Crippen MR) is 114 cm³/mol. The Morgan fingerprint density at radius 1 is 1.25 bits per heavy atom. The Kier molecular flexibility index (Phi) is 6.53. The van der Waals surface area contributed by atoms with Crippen LogP contribution in [0.4, 0.5) is 0 Å². The van der Waals surface area contributed by atoms with Gasteiger partial charge in [-0.2, -0.15) is 5.10 Å². The molecule has 28 heavy (non-hydrogen) atoms. The lowest BCUT2D eigenvalue weighted by Crippen LogP contribution is -2.45. The van der Waals surface area contributed by atoms with E-state index in [0.29, 0.717) is 11.8 Å². The topological polar surface area (TPSA) is 52.2 Å². The van der Waals surface area contributed by atoms with E-state index in [9.17, 15) is 4.79 Å². The smallest absolute Gasteiger partial charge is 0.229 e. The minimum absolute atomic E-state index is 0.0811. The fourth-order valence-electron chi connectivity index (χ4n) is 5.75. The Morgan fingerprint density at radius 3 is 2.50 bits per heavy atom. The van der Waals surface area contributed by atoms with Crippen molar-refractivity contribution in [3.05, 3.63) is 17.5 Å². The summed E-state index contributed by atoms with van der Waals surface area (Å²) in [4.78, 5) is 17.6. The first-order valence-corrected chi connectivity index (χ1v) is 11.4. The zero-order valence-corrected chi connectivity index (χ0v) is 18.7. The fourth-order valence-corrected chi connectivity index (χ4v) is 5.75. The SMILES string of the molecule is CCCCN(C)Cc1cn[nH]c1C1CCC2(CC1)CC(CC)(CC)C(=O)N2C. The number of carbonyl (C=O) groups excluding carboxylic acids is 1. The molecule has 158 valence electrons. The van der Waals surface area contributed by atoms with Crippen molar-refractivity contribution in [2.75, 3.05) is 20.6 Å². The van der Waals surface area contributed by atoms with Gasteiger partial charge in [-0.3, -0.25) is 9.89 Å². The van der Waals surface area contributed by atoms with Gasteiger partial charge in [-0.25, -0.2) is 0 Å². The highest BCUT2D eigenvalue weighted by atomic mass is 16.2. The van der Waals surface area contributed by atoms with Gasteiger partial charge in [0.05, 0.1) is 11.6 Å². The molecule has 1 amide bonds. The lowest BCUT2D eigenvalue weighted by atomic mass is 9.68. The third-order valence-corrected chi connectivity index (χ3v) is 7.90. The zero-order chi connectivity index (χ0) is 20.4. The maximum absolute atomic E-state index is 13.0. The number of carbonyl (C=O) groups is 1. The van der Waals surface area contributed by atoms with Crippen LogP contribution in [0.25, 0.3) is 0 Å². The Balaban J connectivity index is 1.67. The molecule has 0 unspecified atom stereocenters. The van der Waals surface area contributed by atoms with Gasteiger partial charge >= 0.3 is 0 Å². The van der Waals surface area contributed by atoms with Crippen LogP contribution in [-0.4, -0.2) is 52.1 Å². The van der Waals surface area contributed by atoms with Crippen molar-refractivity contribution >= 4 is 5.91 Å². The quantitative estimate of drug-likeness (QED) is 0.702. The summed E-state index contributed by atoms with van der Waals surface area (Å²) in [6.45, 7) is 8.72. The van der Waals surface area contributed by atoms with Crippen LogP contribution in [0.15, 0.2) is 6.20 Å². The maximum Gasteiger partial charge on any atom is 0.229 e. The lowest BCUT2D eigenvalue weighted by molar-refractivity contribution is -0.137. The van der Waals surface area contributed by atoms with Crippen LogP contribution >= 0.6 is 0 Å². The molecule has 2 fully saturated rings. The van der Waals surface area contributed by atoms with Crippen molar-refractivity contribution in [3.63, 3.8) is 0 Å². The summed E-state index contributed by atoms with van der Waals surface area (Å²) in [5.74, 6) is 0.931. The number of likely N-dealkylation sites (tertiary alicyclic amines) is 1. The first-order valence-electron chi connectivity index (χ1n) is 11.4. The van der Waals surface area contributed by atoms with Gasteiger partial charge in [0.2, 0.25) is 5.91 Å². The average molecular weight is 389 g/mol. The first kappa shape index (κ1) is 21.4. The molecule has 1 aromatic rings. The molecule has 0 aromatic carbocycles. The Hall–Kier alpha value is -1.36. The van der Waals surface area contributed by atoms with Crippen LogP contribution in [-0.2, 0) is 11.3 Å². The number of nitrogens with zero attached hydrogens (tertiary/aromatic N) is 3. The highest BCUT2D eigenvalue weighted by Crippen LogP contribution is 2.54. The summed E-state index contributed by atoms with van der Waals surface area (Å²) < 4.78 is 0. The van der Waals surface area contributed by atoms with Crippen molar-refractivity contribution in [1.29, 1.82) is 0 Å². The molecule has 0 radical (unpaired) electrons. The number of nitrogens with one attached hydrogen (secondary N) is 1. The number of amides is 1. The largest absolute Gasteiger partial charge is 0.340 e. The number of hydrogen-bond donors (Lipinski definition) is 1. The van der Waals surface area contributed by atoms with Gasteiger partial charge in [0.1, 0.15) is 0 Å². The fraction of sp³-hybridized carbons (Fsp3) is 0.826. The summed E-state index contributed by atoms with van der Waals surface area (Å²) in [5.41, 5.74) is 2.65. The lowest BCUT2D eigenvalue weighted by Gasteiger charge is -2.42. The van der Waals surface area contributed by atoms with Crippen molar-refractivity contribution in [2.24, 2.45) is 5.41 Å². The zero-order valence-electron chi connectivity index (χ0n) is 18.7. The second kappa shape index (κ2) is 8.56. The highest BCUT2D eigenvalue weighted by molar-refractivity contribution is 5.86. The van der Waals surface area contributed by atoms with E-state index in [0.717, 1.165) is 58.0 Å². The van der Waals surface area contributed by atoms with Gasteiger partial charge in [-0.1, -0.05) is 27.2 Å². The molecule has 1 saturated heterocycles. The second-order valence-electron chi connectivity index (χ2n) is 9.43. The van der Waals surface area contributed by atoms with E-state index in [1.807, 2.05) is 6.20 Å². The second-order valence-corrected chi connectivity index (χ2v) is 9.43. The monoisotopic (exact) mass is 388 g/mol. The molecule has 5 heteroatoms. The molecule has 2 aliphatic rings. The van der Waals surface area contributed by atoms with Gasteiger partial charge in [0.25, 0.3) is 0 Å². The van der Waals surface area contributed by atoms with E-state index in [2.05, 4.69) is 54.9 Å². The number of hydrogen-bond acceptors (Lipinski definition) is 3. The molecule has 1 N–H and O–H groups in total. The predicted octanol–water partition coefficient (Wildman–Crippen LogP) is 4.71. The Morgan fingerprint density at radius 2 is 1.93 bits per heavy atom. The minimum Gasteiger partial charge on any atom is -0.340 e. The minimum atomic E-state index is -0.122. The van der Waals surface area contributed by atoms with E-state index >= 15 is 0 Å². The first-order chi connectivity index (χ1) is 13.4. The van der Waals surface area contributed by atoms with Gasteiger partial charge in [0, 0.05) is 36.3 Å². The molecule has 5 nitrogen and oxygen atoms in total. The molecule has 3 rings (SSSR count). The van der Waals surface area contributed by atoms with Crippen molar-refractivity contribution < 1.29 is 4.79 Å². The van der Waals surface area contributed by atoms with Crippen molar-refractivity contribution in [2.45, 2.75) is 96.6 Å². The number of unbranched alkanes of at least 4 members (excludes halogenated alkanes) is 1. The van der Waals surface area contributed by atoms with E-state index in [1.54, 1.807) is 0 Å².